The molecule has 4 rings (SSSR count). The molecule has 0 aliphatic carbocycles. The van der Waals surface area contributed by atoms with Crippen molar-refractivity contribution in [3.63, 3.8) is 0 Å². The molecule has 28 heavy (non-hydrogen) atoms. The predicted molar refractivity (Wildman–Crippen MR) is 106 cm³/mol. The van der Waals surface area contributed by atoms with E-state index in [1.165, 1.54) is 11.8 Å². The Morgan fingerprint density at radius 2 is 1.93 bits per heavy atom. The van der Waals surface area contributed by atoms with Gasteiger partial charge in [0.1, 0.15) is 10.8 Å². The van der Waals surface area contributed by atoms with E-state index in [-0.39, 0.29) is 5.91 Å². The second kappa shape index (κ2) is 8.57. The number of hydrogen-bond acceptors (Lipinski definition) is 7. The molecule has 2 aromatic heterocycles. The number of aromatic nitrogens is 4. The van der Waals surface area contributed by atoms with Gasteiger partial charge in [-0.3, -0.25) is 4.79 Å². The number of ether oxygens (including phenoxy) is 2. The molecule has 1 aromatic carbocycles. The third-order valence-corrected chi connectivity index (χ3v) is 5.27. The van der Waals surface area contributed by atoms with Gasteiger partial charge < -0.3 is 14.4 Å². The summed E-state index contributed by atoms with van der Waals surface area (Å²) < 4.78 is 12.5. The summed E-state index contributed by atoms with van der Waals surface area (Å²) in [6.45, 7) is 5.09. The third-order valence-electron chi connectivity index (χ3n) is 4.37. The van der Waals surface area contributed by atoms with Crippen LogP contribution in [0.1, 0.15) is 6.92 Å². The minimum atomic E-state index is 0.102. The summed E-state index contributed by atoms with van der Waals surface area (Å²) in [6.07, 6.45) is 0. The Bertz CT molecular complexity index is 954. The molecule has 1 amide bonds. The van der Waals surface area contributed by atoms with Crippen LogP contribution in [0.5, 0.6) is 5.75 Å². The van der Waals surface area contributed by atoms with Crippen LogP contribution in [-0.4, -0.2) is 69.3 Å². The van der Waals surface area contributed by atoms with Crippen molar-refractivity contribution < 1.29 is 14.3 Å². The Hall–Kier alpha value is -2.65. The molecular weight excluding hydrogens is 378 g/mol. The van der Waals surface area contributed by atoms with Crippen molar-refractivity contribution in [2.75, 3.05) is 38.7 Å². The van der Waals surface area contributed by atoms with Crippen LogP contribution in [0.3, 0.4) is 0 Å². The predicted octanol–water partition coefficient (Wildman–Crippen LogP) is 2.14. The lowest BCUT2D eigenvalue weighted by atomic mass is 10.2. The lowest BCUT2D eigenvalue weighted by Gasteiger charge is -2.26. The molecule has 0 saturated carbocycles. The molecule has 1 aliphatic heterocycles. The summed E-state index contributed by atoms with van der Waals surface area (Å²) in [7, 11) is 0. The average Bonchev–Trinajstić information content (AvgIpc) is 3.17. The minimum absolute atomic E-state index is 0.102. The number of fused-ring (bicyclic) bond motifs is 1. The Labute approximate surface area is 166 Å². The molecule has 8 nitrogen and oxygen atoms in total. The molecule has 1 saturated heterocycles. The molecule has 0 unspecified atom stereocenters. The van der Waals surface area contributed by atoms with Gasteiger partial charge in [0.2, 0.25) is 5.91 Å². The van der Waals surface area contributed by atoms with E-state index in [1.807, 2.05) is 48.2 Å². The zero-order chi connectivity index (χ0) is 19.3. The fraction of sp³-hybridized carbons (Fsp3) is 0.368. The number of morpholine rings is 1. The Morgan fingerprint density at radius 3 is 2.68 bits per heavy atom. The number of nitrogens with zero attached hydrogens (tertiary/aromatic N) is 5. The molecule has 3 heterocycles. The lowest BCUT2D eigenvalue weighted by molar-refractivity contribution is -0.132. The van der Waals surface area contributed by atoms with Gasteiger partial charge in [0.25, 0.3) is 0 Å². The normalized spacial score (nSPS) is 14.4. The van der Waals surface area contributed by atoms with Gasteiger partial charge in [-0.05, 0) is 43.3 Å². The number of carbonyl (C=O) groups is 1. The maximum atomic E-state index is 12.3. The molecule has 0 bridgehead atoms. The summed E-state index contributed by atoms with van der Waals surface area (Å²) in [5.74, 6) is 1.91. The largest absolute Gasteiger partial charge is 0.494 e. The number of amides is 1. The summed E-state index contributed by atoms with van der Waals surface area (Å²) in [4.78, 5) is 14.2. The number of hydrogen-bond donors (Lipinski definition) is 0. The fourth-order valence-electron chi connectivity index (χ4n) is 2.94. The van der Waals surface area contributed by atoms with Gasteiger partial charge in [0.05, 0.1) is 25.6 Å². The SMILES string of the molecule is CCOc1ccc(-c2nnc3ccc(SCC(=O)N4CCOCC4)nn23)cc1. The highest BCUT2D eigenvalue weighted by molar-refractivity contribution is 7.99. The van der Waals surface area contributed by atoms with Crippen molar-refractivity contribution >= 4 is 23.3 Å². The van der Waals surface area contributed by atoms with Crippen LogP contribution in [0, 0.1) is 0 Å². The summed E-state index contributed by atoms with van der Waals surface area (Å²) in [6, 6.07) is 11.4. The van der Waals surface area contributed by atoms with Crippen molar-refractivity contribution in [1.82, 2.24) is 24.7 Å². The zero-order valence-electron chi connectivity index (χ0n) is 15.6. The van der Waals surface area contributed by atoms with E-state index in [9.17, 15) is 4.79 Å². The monoisotopic (exact) mass is 399 g/mol. The first-order valence-corrected chi connectivity index (χ1v) is 10.2. The van der Waals surface area contributed by atoms with Gasteiger partial charge in [0, 0.05) is 18.7 Å². The van der Waals surface area contributed by atoms with E-state index < -0.39 is 0 Å². The Balaban J connectivity index is 1.50. The molecule has 1 fully saturated rings. The first-order chi connectivity index (χ1) is 13.7. The summed E-state index contributed by atoms with van der Waals surface area (Å²) in [5, 5.41) is 13.8. The molecule has 0 atom stereocenters. The van der Waals surface area contributed by atoms with Crippen LogP contribution < -0.4 is 4.74 Å². The van der Waals surface area contributed by atoms with Gasteiger partial charge in [-0.15, -0.1) is 10.2 Å². The molecule has 0 N–H and O–H groups in total. The summed E-state index contributed by atoms with van der Waals surface area (Å²) in [5.41, 5.74) is 1.56. The summed E-state index contributed by atoms with van der Waals surface area (Å²) >= 11 is 1.41. The highest BCUT2D eigenvalue weighted by Gasteiger charge is 2.17. The third kappa shape index (κ3) is 4.10. The van der Waals surface area contributed by atoms with E-state index in [0.717, 1.165) is 16.3 Å². The number of carbonyl (C=O) groups excluding carboxylic acids is 1. The highest BCUT2D eigenvalue weighted by atomic mass is 32.2. The second-order valence-corrected chi connectivity index (χ2v) is 7.20. The highest BCUT2D eigenvalue weighted by Crippen LogP contribution is 2.23. The van der Waals surface area contributed by atoms with Gasteiger partial charge in [-0.1, -0.05) is 11.8 Å². The zero-order valence-corrected chi connectivity index (χ0v) is 16.4. The smallest absolute Gasteiger partial charge is 0.233 e. The molecule has 3 aromatic rings. The lowest BCUT2D eigenvalue weighted by Crippen LogP contribution is -2.41. The number of benzene rings is 1. The van der Waals surface area contributed by atoms with Gasteiger partial charge in [-0.25, -0.2) is 0 Å². The number of rotatable bonds is 6. The second-order valence-electron chi connectivity index (χ2n) is 6.20. The van der Waals surface area contributed by atoms with Crippen LogP contribution in [-0.2, 0) is 9.53 Å². The first-order valence-electron chi connectivity index (χ1n) is 9.18. The fourth-order valence-corrected chi connectivity index (χ4v) is 3.69. The van der Waals surface area contributed by atoms with Crippen molar-refractivity contribution in [1.29, 1.82) is 0 Å². The van der Waals surface area contributed by atoms with Gasteiger partial charge >= 0.3 is 0 Å². The average molecular weight is 399 g/mol. The molecule has 9 heteroatoms. The van der Waals surface area contributed by atoms with Crippen LogP contribution in [0.25, 0.3) is 17.0 Å². The Kier molecular flexibility index (Phi) is 5.73. The van der Waals surface area contributed by atoms with E-state index in [1.54, 1.807) is 4.52 Å². The van der Waals surface area contributed by atoms with E-state index in [0.29, 0.717) is 50.1 Å². The van der Waals surface area contributed by atoms with Crippen molar-refractivity contribution in [3.8, 4) is 17.1 Å². The Morgan fingerprint density at radius 1 is 1.14 bits per heavy atom. The van der Waals surface area contributed by atoms with Gasteiger partial charge in [-0.2, -0.15) is 9.61 Å². The maximum absolute atomic E-state index is 12.3. The molecule has 146 valence electrons. The van der Waals surface area contributed by atoms with E-state index in [2.05, 4.69) is 15.3 Å². The topological polar surface area (TPSA) is 81.9 Å². The van der Waals surface area contributed by atoms with Crippen LogP contribution in [0.15, 0.2) is 41.4 Å². The molecular formula is C19H21N5O3S. The molecule has 0 spiro atoms. The number of thioether (sulfide) groups is 1. The quantitative estimate of drug-likeness (QED) is 0.587. The minimum Gasteiger partial charge on any atom is -0.494 e. The van der Waals surface area contributed by atoms with Gasteiger partial charge in [0.15, 0.2) is 11.5 Å². The van der Waals surface area contributed by atoms with Crippen molar-refractivity contribution in [3.05, 3.63) is 36.4 Å². The molecule has 1 aliphatic rings. The van der Waals surface area contributed by atoms with Crippen LogP contribution in [0.2, 0.25) is 0 Å². The van der Waals surface area contributed by atoms with Crippen LogP contribution in [0.4, 0.5) is 0 Å². The van der Waals surface area contributed by atoms with Crippen molar-refractivity contribution in [2.24, 2.45) is 0 Å². The van der Waals surface area contributed by atoms with E-state index >= 15 is 0 Å². The van der Waals surface area contributed by atoms with E-state index in [4.69, 9.17) is 9.47 Å². The molecule has 0 radical (unpaired) electrons. The first kappa shape index (κ1) is 18.7. The standard InChI is InChI=1S/C19H21N5O3S/c1-2-27-15-5-3-14(4-6-15)19-21-20-16-7-8-17(22-24(16)19)28-13-18(25)23-9-11-26-12-10-23/h3-8H,2,9-13H2,1H3. The van der Waals surface area contributed by atoms with Crippen molar-refractivity contribution in [2.45, 2.75) is 11.9 Å². The van der Waals surface area contributed by atoms with Crippen LogP contribution >= 0.6 is 11.8 Å². The maximum Gasteiger partial charge on any atom is 0.233 e.